The molecule has 2 N–H and O–H groups in total. The number of rotatable bonds is 3. The van der Waals surface area contributed by atoms with Crippen LogP contribution in [0.15, 0.2) is 18.3 Å². The van der Waals surface area contributed by atoms with Crippen LogP contribution in [-0.4, -0.2) is 33.8 Å². The number of hydrogen-bond acceptors (Lipinski definition) is 5. The van der Waals surface area contributed by atoms with E-state index in [1.165, 1.54) is 0 Å². The second-order valence-electron chi connectivity index (χ2n) is 4.66. The summed E-state index contributed by atoms with van der Waals surface area (Å²) in [6.45, 7) is 0.721. The first-order valence-corrected chi connectivity index (χ1v) is 6.85. The lowest BCUT2D eigenvalue weighted by Crippen LogP contribution is -2.21. The lowest BCUT2D eigenvalue weighted by Gasteiger charge is -2.23. The fourth-order valence-electron chi connectivity index (χ4n) is 2.44. The minimum Gasteiger partial charge on any atom is -0.510 e. The zero-order chi connectivity index (χ0) is 14.1. The Morgan fingerprint density at radius 2 is 2.25 bits per heavy atom. The maximum Gasteiger partial charge on any atom is 0.707 e. The van der Waals surface area contributed by atoms with Crippen LogP contribution in [0.3, 0.4) is 0 Å². The van der Waals surface area contributed by atoms with Crippen molar-refractivity contribution in [1.82, 2.24) is 9.78 Å². The maximum absolute atomic E-state index is 8.97. The van der Waals surface area contributed by atoms with Crippen LogP contribution in [0.5, 0.6) is 5.75 Å². The van der Waals surface area contributed by atoms with Crippen molar-refractivity contribution in [3.63, 3.8) is 0 Å². The summed E-state index contributed by atoms with van der Waals surface area (Å²) in [6.07, 6.45) is 4.55. The number of benzene rings is 1. The summed E-state index contributed by atoms with van der Waals surface area (Å²) < 4.78 is 12.4. The van der Waals surface area contributed by atoms with Gasteiger partial charge < -0.3 is 19.4 Å². The number of fused-ring (bicyclic) bond motifs is 1. The van der Waals surface area contributed by atoms with E-state index >= 15 is 0 Å². The van der Waals surface area contributed by atoms with Crippen molar-refractivity contribution in [2.45, 2.75) is 25.5 Å². The Hall–Kier alpha value is -1.28. The number of ether oxygens (including phenoxy) is 1. The SMILES string of the molecule is OB(O)Oc1c(Cl)ccc2c1cnn2C1CCCCO1. The molecule has 2 heterocycles. The van der Waals surface area contributed by atoms with Crippen molar-refractivity contribution < 1.29 is 19.4 Å². The van der Waals surface area contributed by atoms with Crippen molar-refractivity contribution >= 4 is 29.8 Å². The lowest BCUT2D eigenvalue weighted by atomic mass is 10.1. The molecule has 6 nitrogen and oxygen atoms in total. The number of halogens is 1. The van der Waals surface area contributed by atoms with E-state index in [1.807, 2.05) is 6.07 Å². The molecule has 20 heavy (non-hydrogen) atoms. The van der Waals surface area contributed by atoms with Gasteiger partial charge in [-0.15, -0.1) is 0 Å². The zero-order valence-electron chi connectivity index (χ0n) is 10.7. The average Bonchev–Trinajstić information content (AvgIpc) is 2.87. The Balaban J connectivity index is 2.04. The van der Waals surface area contributed by atoms with Crippen LogP contribution in [0, 0.1) is 0 Å². The predicted molar refractivity (Wildman–Crippen MR) is 74.4 cm³/mol. The fraction of sp³-hybridized carbons (Fsp3) is 0.417. The first-order chi connectivity index (χ1) is 9.66. The van der Waals surface area contributed by atoms with E-state index in [1.54, 1.807) is 16.9 Å². The average molecular weight is 297 g/mol. The molecule has 1 unspecified atom stereocenters. The second-order valence-corrected chi connectivity index (χ2v) is 5.07. The number of aromatic nitrogens is 2. The van der Waals surface area contributed by atoms with Gasteiger partial charge in [0.1, 0.15) is 5.75 Å². The largest absolute Gasteiger partial charge is 0.707 e. The predicted octanol–water partition coefficient (Wildman–Crippen LogP) is 1.74. The van der Waals surface area contributed by atoms with Gasteiger partial charge >= 0.3 is 7.32 Å². The molecule has 1 aliphatic rings. The van der Waals surface area contributed by atoms with Gasteiger partial charge in [0.2, 0.25) is 0 Å². The summed E-state index contributed by atoms with van der Waals surface area (Å²) in [6, 6.07) is 3.46. The summed E-state index contributed by atoms with van der Waals surface area (Å²) in [5.74, 6) is 0.209. The highest BCUT2D eigenvalue weighted by molar-refractivity contribution is 6.37. The van der Waals surface area contributed by atoms with Crippen LogP contribution in [-0.2, 0) is 4.74 Å². The van der Waals surface area contributed by atoms with Gasteiger partial charge in [0.25, 0.3) is 0 Å². The summed E-state index contributed by atoms with van der Waals surface area (Å²) in [5, 5.41) is 23.2. The Labute approximate surface area is 121 Å². The van der Waals surface area contributed by atoms with E-state index in [0.29, 0.717) is 10.4 Å². The minimum absolute atomic E-state index is 0.102. The van der Waals surface area contributed by atoms with E-state index in [0.717, 1.165) is 31.4 Å². The molecular formula is C12H14BClN2O4. The molecule has 1 saturated heterocycles. The molecule has 2 aromatic rings. The Morgan fingerprint density at radius 1 is 1.40 bits per heavy atom. The van der Waals surface area contributed by atoms with Crippen molar-refractivity contribution in [3.05, 3.63) is 23.4 Å². The van der Waals surface area contributed by atoms with Crippen LogP contribution in [0.2, 0.25) is 5.02 Å². The summed E-state index contributed by atoms with van der Waals surface area (Å²) in [4.78, 5) is 0. The van der Waals surface area contributed by atoms with Crippen LogP contribution in [0.1, 0.15) is 25.5 Å². The molecule has 1 fully saturated rings. The summed E-state index contributed by atoms with van der Waals surface area (Å²) in [7, 11) is -1.92. The highest BCUT2D eigenvalue weighted by atomic mass is 35.5. The first kappa shape index (κ1) is 13.7. The number of nitrogens with zero attached hydrogens (tertiary/aromatic N) is 2. The van der Waals surface area contributed by atoms with Crippen LogP contribution >= 0.6 is 11.6 Å². The Kier molecular flexibility index (Phi) is 3.84. The normalized spacial score (nSPS) is 19.2. The first-order valence-electron chi connectivity index (χ1n) is 6.47. The molecule has 8 heteroatoms. The Bertz CT molecular complexity index is 613. The van der Waals surface area contributed by atoms with Crippen molar-refractivity contribution in [2.75, 3.05) is 6.61 Å². The van der Waals surface area contributed by atoms with E-state index in [9.17, 15) is 0 Å². The van der Waals surface area contributed by atoms with Crippen molar-refractivity contribution in [3.8, 4) is 5.75 Å². The maximum atomic E-state index is 8.97. The molecule has 0 bridgehead atoms. The van der Waals surface area contributed by atoms with Gasteiger partial charge in [-0.05, 0) is 31.4 Å². The number of hydrogen-bond donors (Lipinski definition) is 2. The molecule has 0 amide bonds. The third-order valence-electron chi connectivity index (χ3n) is 3.33. The van der Waals surface area contributed by atoms with E-state index in [-0.39, 0.29) is 12.0 Å². The van der Waals surface area contributed by atoms with Gasteiger partial charge in [0, 0.05) is 6.61 Å². The molecule has 0 aliphatic carbocycles. The molecule has 106 valence electrons. The van der Waals surface area contributed by atoms with E-state index in [4.69, 9.17) is 31.0 Å². The summed E-state index contributed by atoms with van der Waals surface area (Å²) in [5.41, 5.74) is 0.789. The second kappa shape index (κ2) is 5.61. The standard InChI is InChI=1S/C12H14BClN2O4/c14-9-4-5-10-8(12(9)20-13(17)18)7-15-16(10)11-3-1-2-6-19-11/h4-5,7,11,17-18H,1-3,6H2. The molecular weight excluding hydrogens is 282 g/mol. The van der Waals surface area contributed by atoms with E-state index in [2.05, 4.69) is 5.10 Å². The monoisotopic (exact) mass is 296 g/mol. The molecule has 0 radical (unpaired) electrons. The van der Waals surface area contributed by atoms with Gasteiger partial charge in [-0.3, -0.25) is 0 Å². The van der Waals surface area contributed by atoms with Gasteiger partial charge in [0.05, 0.1) is 22.1 Å². The third-order valence-corrected chi connectivity index (χ3v) is 3.63. The highest BCUT2D eigenvalue weighted by Gasteiger charge is 2.22. The molecule has 0 spiro atoms. The fourth-order valence-corrected chi connectivity index (χ4v) is 2.65. The zero-order valence-corrected chi connectivity index (χ0v) is 11.5. The summed E-state index contributed by atoms with van der Waals surface area (Å²) >= 11 is 6.03. The van der Waals surface area contributed by atoms with E-state index < -0.39 is 7.32 Å². The minimum atomic E-state index is -1.92. The van der Waals surface area contributed by atoms with Gasteiger partial charge in [-0.1, -0.05) is 11.6 Å². The molecule has 1 aliphatic heterocycles. The lowest BCUT2D eigenvalue weighted by molar-refractivity contribution is -0.0366. The topological polar surface area (TPSA) is 76.7 Å². The van der Waals surface area contributed by atoms with Crippen molar-refractivity contribution in [2.24, 2.45) is 0 Å². The van der Waals surface area contributed by atoms with Gasteiger partial charge in [0.15, 0.2) is 6.23 Å². The highest BCUT2D eigenvalue weighted by Crippen LogP contribution is 2.35. The molecule has 1 atom stereocenters. The van der Waals surface area contributed by atoms with Crippen LogP contribution < -0.4 is 4.65 Å². The van der Waals surface area contributed by atoms with Crippen LogP contribution in [0.25, 0.3) is 10.9 Å². The molecule has 1 aromatic carbocycles. The van der Waals surface area contributed by atoms with Gasteiger partial charge in [-0.25, -0.2) is 4.68 Å². The van der Waals surface area contributed by atoms with Crippen LogP contribution in [0.4, 0.5) is 0 Å². The molecule has 0 saturated carbocycles. The smallest absolute Gasteiger partial charge is 0.510 e. The quantitative estimate of drug-likeness (QED) is 0.844. The Morgan fingerprint density at radius 3 is 2.95 bits per heavy atom. The molecule has 3 rings (SSSR count). The third kappa shape index (κ3) is 2.49. The van der Waals surface area contributed by atoms with Gasteiger partial charge in [-0.2, -0.15) is 5.10 Å². The van der Waals surface area contributed by atoms with Crippen molar-refractivity contribution in [1.29, 1.82) is 0 Å². The molecule has 1 aromatic heterocycles.